The summed E-state index contributed by atoms with van der Waals surface area (Å²) in [5, 5.41) is 22.8. The van der Waals surface area contributed by atoms with E-state index in [1.165, 1.54) is 30.3 Å². The Balaban J connectivity index is 1.90. The molecule has 3 rings (SSSR count). The summed E-state index contributed by atoms with van der Waals surface area (Å²) in [7, 11) is 1.48. The van der Waals surface area contributed by atoms with E-state index in [9.17, 15) is 14.7 Å². The van der Waals surface area contributed by atoms with Gasteiger partial charge in [-0.15, -0.1) is 5.10 Å². The minimum Gasteiger partial charge on any atom is -0.494 e. The number of carbonyl (C=O) groups is 2. The van der Waals surface area contributed by atoms with Gasteiger partial charge in [0.2, 0.25) is 0 Å². The minimum atomic E-state index is -1.41. The zero-order chi connectivity index (χ0) is 17.2. The van der Waals surface area contributed by atoms with Gasteiger partial charge in [0, 0.05) is 18.6 Å². The molecule has 0 spiro atoms. The maximum atomic E-state index is 12.5. The lowest BCUT2D eigenvalue weighted by atomic mass is 9.98. The molecule has 1 atom stereocenters. The highest BCUT2D eigenvalue weighted by Gasteiger charge is 2.44. The second-order valence-corrected chi connectivity index (χ2v) is 5.28. The van der Waals surface area contributed by atoms with Crippen LogP contribution in [0.2, 0.25) is 0 Å². The average Bonchev–Trinajstić information content (AvgIpc) is 3.26. The Kier molecular flexibility index (Phi) is 4.13. The molecule has 1 unspecified atom stereocenters. The number of aromatic nitrogens is 4. The predicted octanol–water partition coefficient (Wildman–Crippen LogP) is -0.356. The van der Waals surface area contributed by atoms with Crippen molar-refractivity contribution in [3.8, 4) is 11.4 Å². The Bertz CT molecular complexity index is 755. The molecule has 2 aromatic rings. The van der Waals surface area contributed by atoms with Crippen LogP contribution in [0.4, 0.5) is 0 Å². The number of hydrogen-bond acceptors (Lipinski definition) is 7. The molecule has 1 amide bonds. The van der Waals surface area contributed by atoms with E-state index in [0.717, 1.165) is 0 Å². The lowest BCUT2D eigenvalue weighted by Crippen LogP contribution is -2.55. The van der Waals surface area contributed by atoms with Crippen molar-refractivity contribution in [3.05, 3.63) is 30.1 Å². The van der Waals surface area contributed by atoms with Gasteiger partial charge in [0.15, 0.2) is 5.54 Å². The lowest BCUT2D eigenvalue weighted by molar-refractivity contribution is -0.144. The van der Waals surface area contributed by atoms with Gasteiger partial charge in [-0.2, -0.15) is 4.68 Å². The Hall–Kier alpha value is -3.01. The summed E-state index contributed by atoms with van der Waals surface area (Å²) in [6, 6.07) is 4.65. The monoisotopic (exact) mass is 333 g/mol. The van der Waals surface area contributed by atoms with E-state index in [2.05, 4.69) is 20.8 Å². The minimum absolute atomic E-state index is 0.0654. The second-order valence-electron chi connectivity index (χ2n) is 5.28. The maximum absolute atomic E-state index is 12.5. The Morgan fingerprint density at radius 1 is 1.46 bits per heavy atom. The van der Waals surface area contributed by atoms with Crippen LogP contribution in [-0.2, 0) is 9.53 Å². The molecular formula is C14H15N5O5. The van der Waals surface area contributed by atoms with Crippen molar-refractivity contribution in [1.82, 2.24) is 25.5 Å². The van der Waals surface area contributed by atoms with Crippen LogP contribution in [0.25, 0.3) is 5.69 Å². The highest BCUT2D eigenvalue weighted by atomic mass is 16.5. The molecule has 1 fully saturated rings. The molecule has 1 aliphatic heterocycles. The van der Waals surface area contributed by atoms with E-state index in [4.69, 9.17) is 9.47 Å². The second kappa shape index (κ2) is 6.24. The number of tetrazole rings is 1. The number of aliphatic carboxylic acids is 1. The summed E-state index contributed by atoms with van der Waals surface area (Å²) in [5.41, 5.74) is -0.692. The molecule has 0 saturated carbocycles. The van der Waals surface area contributed by atoms with Crippen molar-refractivity contribution >= 4 is 11.9 Å². The third kappa shape index (κ3) is 2.78. The molecule has 24 heavy (non-hydrogen) atoms. The van der Waals surface area contributed by atoms with Crippen molar-refractivity contribution < 1.29 is 24.2 Å². The van der Waals surface area contributed by atoms with Gasteiger partial charge in [0.05, 0.1) is 13.7 Å². The van der Waals surface area contributed by atoms with Gasteiger partial charge >= 0.3 is 5.97 Å². The zero-order valence-corrected chi connectivity index (χ0v) is 12.8. The van der Waals surface area contributed by atoms with Crippen LogP contribution in [0, 0.1) is 0 Å². The fourth-order valence-electron chi connectivity index (χ4n) is 2.46. The number of carboxylic acid groups (broad SMARTS) is 1. The van der Waals surface area contributed by atoms with Crippen LogP contribution in [0.5, 0.6) is 5.75 Å². The van der Waals surface area contributed by atoms with Gasteiger partial charge in [0.1, 0.15) is 17.8 Å². The van der Waals surface area contributed by atoms with Gasteiger partial charge in [-0.25, -0.2) is 4.79 Å². The number of benzene rings is 1. The summed E-state index contributed by atoms with van der Waals surface area (Å²) in [6.45, 7) is 0.217. The number of rotatable bonds is 5. The first-order valence-corrected chi connectivity index (χ1v) is 7.11. The van der Waals surface area contributed by atoms with E-state index < -0.39 is 17.4 Å². The number of carbonyl (C=O) groups excluding carboxylic acids is 1. The van der Waals surface area contributed by atoms with Crippen LogP contribution in [0.1, 0.15) is 16.8 Å². The molecule has 10 nitrogen and oxygen atoms in total. The molecular weight excluding hydrogens is 318 g/mol. The molecule has 1 saturated heterocycles. The molecule has 2 heterocycles. The zero-order valence-electron chi connectivity index (χ0n) is 12.8. The molecule has 1 aliphatic rings. The van der Waals surface area contributed by atoms with Crippen molar-refractivity contribution in [2.24, 2.45) is 0 Å². The number of amides is 1. The Morgan fingerprint density at radius 3 is 2.88 bits per heavy atom. The van der Waals surface area contributed by atoms with Gasteiger partial charge in [-0.3, -0.25) is 4.79 Å². The number of nitrogens with one attached hydrogen (secondary N) is 1. The van der Waals surface area contributed by atoms with Crippen LogP contribution < -0.4 is 10.1 Å². The number of hydrogen-bond donors (Lipinski definition) is 2. The summed E-state index contributed by atoms with van der Waals surface area (Å²) < 4.78 is 11.7. The van der Waals surface area contributed by atoms with E-state index in [1.54, 1.807) is 6.07 Å². The number of methoxy groups -OCH3 is 1. The number of nitrogens with zero attached hydrogens (tertiary/aromatic N) is 4. The van der Waals surface area contributed by atoms with E-state index in [-0.39, 0.29) is 25.2 Å². The normalized spacial score (nSPS) is 19.9. The Morgan fingerprint density at radius 2 is 2.29 bits per heavy atom. The molecule has 0 bridgehead atoms. The standard InChI is InChI=1S/C14H15N5O5/c1-23-11-3-2-9(6-10(11)19-8-15-17-18-19)12(20)16-14(13(21)22)4-5-24-7-14/h2-3,6,8H,4-5,7H2,1H3,(H,16,20)(H,21,22). The average molecular weight is 333 g/mol. The maximum Gasteiger partial charge on any atom is 0.331 e. The van der Waals surface area contributed by atoms with Crippen molar-refractivity contribution in [2.45, 2.75) is 12.0 Å². The summed E-state index contributed by atoms with van der Waals surface area (Å²) in [6.07, 6.45) is 1.58. The fourth-order valence-corrected chi connectivity index (χ4v) is 2.46. The van der Waals surface area contributed by atoms with Gasteiger partial charge in [-0.05, 0) is 28.6 Å². The molecule has 2 N–H and O–H groups in total. The van der Waals surface area contributed by atoms with E-state index >= 15 is 0 Å². The van der Waals surface area contributed by atoms with Gasteiger partial charge in [-0.1, -0.05) is 0 Å². The quantitative estimate of drug-likeness (QED) is 0.759. The molecule has 0 radical (unpaired) electrons. The number of carboxylic acids is 1. The van der Waals surface area contributed by atoms with Crippen molar-refractivity contribution in [1.29, 1.82) is 0 Å². The topological polar surface area (TPSA) is 128 Å². The molecule has 10 heteroatoms. The first kappa shape index (κ1) is 15.9. The highest BCUT2D eigenvalue weighted by molar-refractivity contribution is 5.98. The lowest BCUT2D eigenvalue weighted by Gasteiger charge is -2.23. The van der Waals surface area contributed by atoms with Crippen molar-refractivity contribution in [3.63, 3.8) is 0 Å². The van der Waals surface area contributed by atoms with Crippen LogP contribution >= 0.6 is 0 Å². The highest BCUT2D eigenvalue weighted by Crippen LogP contribution is 2.24. The first-order valence-electron chi connectivity index (χ1n) is 7.11. The molecule has 1 aromatic carbocycles. The van der Waals surface area contributed by atoms with Crippen LogP contribution in [0.15, 0.2) is 24.5 Å². The summed E-state index contributed by atoms with van der Waals surface area (Å²) >= 11 is 0. The van der Waals surface area contributed by atoms with E-state index in [1.807, 2.05) is 0 Å². The fraction of sp³-hybridized carbons (Fsp3) is 0.357. The number of ether oxygens (including phenoxy) is 2. The molecule has 0 aliphatic carbocycles. The van der Waals surface area contributed by atoms with Crippen LogP contribution in [-0.4, -0.2) is 63.1 Å². The smallest absolute Gasteiger partial charge is 0.331 e. The predicted molar refractivity (Wildman–Crippen MR) is 79.0 cm³/mol. The van der Waals surface area contributed by atoms with Crippen LogP contribution in [0.3, 0.4) is 0 Å². The third-order valence-electron chi connectivity index (χ3n) is 3.82. The largest absolute Gasteiger partial charge is 0.494 e. The van der Waals surface area contributed by atoms with Gasteiger partial charge < -0.3 is 19.9 Å². The molecule has 1 aromatic heterocycles. The van der Waals surface area contributed by atoms with E-state index in [0.29, 0.717) is 11.4 Å². The molecule has 126 valence electrons. The van der Waals surface area contributed by atoms with Crippen molar-refractivity contribution in [2.75, 3.05) is 20.3 Å². The summed E-state index contributed by atoms with van der Waals surface area (Å²) in [5.74, 6) is -1.18. The Labute approximate surface area is 136 Å². The van der Waals surface area contributed by atoms with Gasteiger partial charge in [0.25, 0.3) is 5.91 Å². The SMILES string of the molecule is COc1ccc(C(=O)NC2(C(=O)O)CCOC2)cc1-n1cnnn1. The summed E-state index contributed by atoms with van der Waals surface area (Å²) in [4.78, 5) is 24.0. The third-order valence-corrected chi connectivity index (χ3v) is 3.82. The first-order chi connectivity index (χ1) is 11.6.